The summed E-state index contributed by atoms with van der Waals surface area (Å²) in [5.74, 6) is 0.903. The summed E-state index contributed by atoms with van der Waals surface area (Å²) in [4.78, 5) is 17.7. The van der Waals surface area contributed by atoms with Gasteiger partial charge in [0.25, 0.3) is 5.91 Å². The quantitative estimate of drug-likeness (QED) is 0.728. The van der Waals surface area contributed by atoms with Gasteiger partial charge in [0.2, 0.25) is 0 Å². The van der Waals surface area contributed by atoms with Crippen molar-refractivity contribution < 1.29 is 4.79 Å². The second-order valence-electron chi connectivity index (χ2n) is 5.55. The Morgan fingerprint density at radius 2 is 1.95 bits per heavy atom. The first-order chi connectivity index (χ1) is 9.47. The first kappa shape index (κ1) is 16.5. The predicted molar refractivity (Wildman–Crippen MR) is 91.5 cm³/mol. The molecule has 0 saturated carbocycles. The number of hydrogen-bond acceptors (Lipinski definition) is 3. The van der Waals surface area contributed by atoms with Crippen molar-refractivity contribution in [2.75, 3.05) is 32.7 Å². The van der Waals surface area contributed by atoms with E-state index in [0.717, 1.165) is 51.8 Å². The molecule has 0 bridgehead atoms. The van der Waals surface area contributed by atoms with Gasteiger partial charge < -0.3 is 4.90 Å². The van der Waals surface area contributed by atoms with E-state index in [2.05, 4.69) is 50.6 Å². The minimum absolute atomic E-state index is 0.157. The number of thiophene rings is 1. The number of nitrogens with zero attached hydrogens (tertiary/aromatic N) is 2. The normalized spacial score (nSPS) is 16.9. The summed E-state index contributed by atoms with van der Waals surface area (Å²) in [6.45, 7) is 9.32. The Morgan fingerprint density at radius 3 is 2.45 bits per heavy atom. The number of carbonyl (C=O) groups is 1. The van der Waals surface area contributed by atoms with E-state index in [1.165, 1.54) is 17.8 Å². The molecule has 3 nitrogen and oxygen atoms in total. The van der Waals surface area contributed by atoms with Crippen molar-refractivity contribution in [2.24, 2.45) is 5.92 Å². The monoisotopic (exact) mass is 422 g/mol. The predicted octanol–water partition coefficient (Wildman–Crippen LogP) is 4.08. The Balaban J connectivity index is 1.85. The first-order valence-electron chi connectivity index (χ1n) is 6.94. The molecule has 2 heterocycles. The minimum Gasteiger partial charge on any atom is -0.335 e. The molecule has 0 aromatic carbocycles. The van der Waals surface area contributed by atoms with Crippen LogP contribution in [0.25, 0.3) is 0 Å². The summed E-state index contributed by atoms with van der Waals surface area (Å²) < 4.78 is 1.94. The fourth-order valence-corrected chi connectivity index (χ4v) is 4.23. The molecule has 112 valence electrons. The summed E-state index contributed by atoms with van der Waals surface area (Å²) in [7, 11) is 0. The lowest BCUT2D eigenvalue weighted by atomic mass is 10.1. The second-order valence-corrected chi connectivity index (χ2v) is 8.77. The van der Waals surface area contributed by atoms with Crippen LogP contribution in [-0.2, 0) is 0 Å². The number of amides is 1. The molecule has 1 aliphatic rings. The number of rotatable bonds is 4. The molecule has 1 fully saturated rings. The van der Waals surface area contributed by atoms with Crippen molar-refractivity contribution in [1.82, 2.24) is 9.80 Å². The molecule has 0 atom stereocenters. The van der Waals surface area contributed by atoms with Crippen LogP contribution in [0.2, 0.25) is 0 Å². The van der Waals surface area contributed by atoms with E-state index in [4.69, 9.17) is 0 Å². The van der Waals surface area contributed by atoms with Crippen molar-refractivity contribution in [3.8, 4) is 0 Å². The van der Waals surface area contributed by atoms with Crippen molar-refractivity contribution in [3.05, 3.63) is 19.2 Å². The third kappa shape index (κ3) is 4.29. The van der Waals surface area contributed by atoms with Gasteiger partial charge in [-0.3, -0.25) is 9.69 Å². The van der Waals surface area contributed by atoms with Crippen LogP contribution in [0, 0.1) is 5.92 Å². The second kappa shape index (κ2) is 7.38. The molecule has 0 unspecified atom stereocenters. The average molecular weight is 424 g/mol. The molecule has 2 rings (SSSR count). The van der Waals surface area contributed by atoms with Crippen molar-refractivity contribution in [2.45, 2.75) is 20.3 Å². The molecule has 0 radical (unpaired) electrons. The highest BCUT2D eigenvalue weighted by molar-refractivity contribution is 9.13. The molecule has 1 saturated heterocycles. The van der Waals surface area contributed by atoms with E-state index >= 15 is 0 Å². The Hall–Kier alpha value is 0.0900. The number of hydrogen-bond donors (Lipinski definition) is 0. The SMILES string of the molecule is CC(C)CCN1CCN(C(=O)c2cc(Br)c(Br)s2)CC1. The third-order valence-electron chi connectivity index (χ3n) is 3.54. The summed E-state index contributed by atoms with van der Waals surface area (Å²) in [6.07, 6.45) is 1.23. The van der Waals surface area contributed by atoms with E-state index in [9.17, 15) is 4.79 Å². The number of halogens is 2. The van der Waals surface area contributed by atoms with Crippen molar-refractivity contribution in [1.29, 1.82) is 0 Å². The summed E-state index contributed by atoms with van der Waals surface area (Å²) in [5.41, 5.74) is 0. The molecule has 0 N–H and O–H groups in total. The van der Waals surface area contributed by atoms with Gasteiger partial charge in [-0.2, -0.15) is 0 Å². The minimum atomic E-state index is 0.157. The van der Waals surface area contributed by atoms with Gasteiger partial charge in [0, 0.05) is 30.7 Å². The van der Waals surface area contributed by atoms with E-state index < -0.39 is 0 Å². The maximum absolute atomic E-state index is 12.4. The lowest BCUT2D eigenvalue weighted by Gasteiger charge is -2.34. The fraction of sp³-hybridized carbons (Fsp3) is 0.643. The van der Waals surface area contributed by atoms with Crippen LogP contribution < -0.4 is 0 Å². The molecule has 1 amide bonds. The highest BCUT2D eigenvalue weighted by Crippen LogP contribution is 2.33. The van der Waals surface area contributed by atoms with Crippen LogP contribution in [0.4, 0.5) is 0 Å². The highest BCUT2D eigenvalue weighted by Gasteiger charge is 2.23. The van der Waals surface area contributed by atoms with Crippen LogP contribution in [0.5, 0.6) is 0 Å². The van der Waals surface area contributed by atoms with Crippen molar-refractivity contribution >= 4 is 49.1 Å². The molecule has 6 heteroatoms. The summed E-state index contributed by atoms with van der Waals surface area (Å²) >= 11 is 8.38. The molecular weight excluding hydrogens is 404 g/mol. The van der Waals surface area contributed by atoms with Crippen LogP contribution in [0.3, 0.4) is 0 Å². The Kier molecular flexibility index (Phi) is 6.08. The van der Waals surface area contributed by atoms with Crippen molar-refractivity contribution in [3.63, 3.8) is 0 Å². The van der Waals surface area contributed by atoms with Gasteiger partial charge in [0.05, 0.1) is 8.66 Å². The fourth-order valence-electron chi connectivity index (χ4n) is 2.22. The topological polar surface area (TPSA) is 23.6 Å². The van der Waals surface area contributed by atoms with Gasteiger partial charge in [-0.15, -0.1) is 11.3 Å². The average Bonchev–Trinajstić information content (AvgIpc) is 2.76. The molecule has 1 aromatic heterocycles. The highest BCUT2D eigenvalue weighted by atomic mass is 79.9. The molecule has 1 aromatic rings. The van der Waals surface area contributed by atoms with E-state index in [1.54, 1.807) is 0 Å². The number of carbonyl (C=O) groups excluding carboxylic acids is 1. The first-order valence-corrected chi connectivity index (χ1v) is 9.34. The van der Waals surface area contributed by atoms with Gasteiger partial charge in [-0.1, -0.05) is 13.8 Å². The molecular formula is C14H20Br2N2OS. The van der Waals surface area contributed by atoms with E-state index in [0.29, 0.717) is 0 Å². The standard InChI is InChI=1S/C14H20Br2N2OS/c1-10(2)3-4-17-5-7-18(8-6-17)14(19)12-9-11(15)13(16)20-12/h9-10H,3-8H2,1-2H3. The maximum atomic E-state index is 12.4. The lowest BCUT2D eigenvalue weighted by Crippen LogP contribution is -2.48. The van der Waals surface area contributed by atoms with Gasteiger partial charge >= 0.3 is 0 Å². The van der Waals surface area contributed by atoms with Gasteiger partial charge in [0.15, 0.2) is 0 Å². The maximum Gasteiger partial charge on any atom is 0.264 e. The zero-order valence-electron chi connectivity index (χ0n) is 11.9. The van der Waals surface area contributed by atoms with Crippen LogP contribution >= 0.6 is 43.2 Å². The Labute approximate surface area is 141 Å². The van der Waals surface area contributed by atoms with Gasteiger partial charge in [-0.05, 0) is 56.8 Å². The summed E-state index contributed by atoms with van der Waals surface area (Å²) in [6, 6.07) is 1.90. The van der Waals surface area contributed by atoms with E-state index in [1.807, 2.05) is 11.0 Å². The van der Waals surface area contributed by atoms with Crippen LogP contribution in [-0.4, -0.2) is 48.4 Å². The Morgan fingerprint density at radius 1 is 1.30 bits per heavy atom. The van der Waals surface area contributed by atoms with E-state index in [-0.39, 0.29) is 5.91 Å². The molecule has 1 aliphatic heterocycles. The Bertz CT molecular complexity index is 448. The van der Waals surface area contributed by atoms with Gasteiger partial charge in [0.1, 0.15) is 0 Å². The molecule has 20 heavy (non-hydrogen) atoms. The molecule has 0 spiro atoms. The smallest absolute Gasteiger partial charge is 0.264 e. The zero-order valence-corrected chi connectivity index (χ0v) is 15.9. The zero-order chi connectivity index (χ0) is 14.7. The number of piperazine rings is 1. The van der Waals surface area contributed by atoms with Gasteiger partial charge in [-0.25, -0.2) is 0 Å². The molecule has 0 aliphatic carbocycles. The lowest BCUT2D eigenvalue weighted by molar-refractivity contribution is 0.0636. The van der Waals surface area contributed by atoms with Crippen LogP contribution in [0.15, 0.2) is 14.3 Å². The third-order valence-corrected chi connectivity index (χ3v) is 6.78. The van der Waals surface area contributed by atoms with Crippen LogP contribution in [0.1, 0.15) is 29.9 Å². The summed E-state index contributed by atoms with van der Waals surface area (Å²) in [5, 5.41) is 0. The largest absolute Gasteiger partial charge is 0.335 e.